The maximum atomic E-state index is 7.29. The monoisotopic (exact) mass is 648 g/mol. The summed E-state index contributed by atoms with van der Waals surface area (Å²) in [7, 11) is 0. The normalized spacial score (nSPS) is 31.8. The summed E-state index contributed by atoms with van der Waals surface area (Å²) in [5.74, 6) is 0. The molecule has 0 heterocycles. The van der Waals surface area contributed by atoms with Crippen LogP contribution in [0.4, 0.5) is 0 Å². The summed E-state index contributed by atoms with van der Waals surface area (Å²) in [6, 6.07) is -0.319. The van der Waals surface area contributed by atoms with E-state index in [1.807, 2.05) is 0 Å². The average molecular weight is 649 g/mol. The second-order valence-electron chi connectivity index (χ2n) is 4.99. The molecule has 0 bridgehead atoms. The molecule has 0 radical (unpaired) electrons. The fourth-order valence-corrected chi connectivity index (χ4v) is 2.26. The van der Waals surface area contributed by atoms with Crippen molar-refractivity contribution >= 4 is 0 Å². The van der Waals surface area contributed by atoms with Crippen molar-refractivity contribution in [2.45, 2.75) is 75.5 Å². The summed E-state index contributed by atoms with van der Waals surface area (Å²) in [6.07, 6.45) is 8.49. The first-order valence-corrected chi connectivity index (χ1v) is 6.45. The molecule has 124 valence electrons. The number of rotatable bonds is 0. The van der Waals surface area contributed by atoms with Crippen LogP contribution in [-0.4, -0.2) is 35.1 Å². The molecule has 0 aromatic carbocycles. The van der Waals surface area contributed by atoms with E-state index in [0.717, 1.165) is 25.7 Å². The van der Waals surface area contributed by atoms with Crippen LogP contribution in [0.5, 0.6) is 0 Å². The topological polar surface area (TPSA) is 155 Å². The van der Waals surface area contributed by atoms with E-state index in [9.17, 15) is 0 Å². The van der Waals surface area contributed by atoms with Crippen molar-refractivity contribution in [3.8, 4) is 0 Å². The molecule has 0 spiro atoms. The molecule has 0 saturated heterocycles. The molecule has 4 atom stereocenters. The van der Waals surface area contributed by atoms with Gasteiger partial charge in [-0.05, 0) is 0 Å². The summed E-state index contributed by atoms with van der Waals surface area (Å²) in [5, 5.41) is 0. The van der Waals surface area contributed by atoms with Gasteiger partial charge in [-0.25, -0.2) is 0 Å². The van der Waals surface area contributed by atoms with Gasteiger partial charge in [0.2, 0.25) is 0 Å². The Morgan fingerprint density at radius 1 is 0.450 bits per heavy atom. The SMILES string of the molecule is [NH-][C@@H]1CCCC[C@H]1[NH-].[NH-][C@@H]1CCCC[C@H]1[NH-].[OH-].[OH-].[Pt+4].[Pt+4]. The molecule has 6 N–H and O–H groups in total. The summed E-state index contributed by atoms with van der Waals surface area (Å²) in [5.41, 5.74) is 29.2. The van der Waals surface area contributed by atoms with Crippen LogP contribution < -0.4 is 0 Å². The van der Waals surface area contributed by atoms with Gasteiger partial charge in [0.1, 0.15) is 0 Å². The third-order valence-corrected chi connectivity index (χ3v) is 3.53. The van der Waals surface area contributed by atoms with Crippen LogP contribution in [0.2, 0.25) is 0 Å². The van der Waals surface area contributed by atoms with E-state index in [4.69, 9.17) is 22.9 Å². The zero-order valence-corrected chi connectivity index (χ0v) is 16.0. The van der Waals surface area contributed by atoms with Gasteiger partial charge in [-0.15, -0.1) is 0 Å². The summed E-state index contributed by atoms with van der Waals surface area (Å²) >= 11 is 0. The van der Waals surface area contributed by atoms with Crippen molar-refractivity contribution in [2.75, 3.05) is 0 Å². The van der Waals surface area contributed by atoms with E-state index in [2.05, 4.69) is 0 Å². The Hall–Kier alpha value is 1.14. The van der Waals surface area contributed by atoms with Crippen molar-refractivity contribution in [3.05, 3.63) is 22.9 Å². The van der Waals surface area contributed by atoms with Crippen LogP contribution in [0.15, 0.2) is 0 Å². The second-order valence-corrected chi connectivity index (χ2v) is 4.99. The fraction of sp³-hybridized carbons (Fsp3) is 1.00. The summed E-state index contributed by atoms with van der Waals surface area (Å²) < 4.78 is 0. The van der Waals surface area contributed by atoms with Gasteiger partial charge in [-0.3, -0.25) is 0 Å². The molecule has 2 rings (SSSR count). The molecular weight excluding hydrogens is 622 g/mol. The number of hydrogen-bond acceptors (Lipinski definition) is 2. The first kappa shape index (κ1) is 29.2. The molecule has 20 heavy (non-hydrogen) atoms. The third-order valence-electron chi connectivity index (χ3n) is 3.53. The van der Waals surface area contributed by atoms with E-state index in [1.165, 1.54) is 25.7 Å². The molecule has 2 fully saturated rings. The van der Waals surface area contributed by atoms with Crippen molar-refractivity contribution < 1.29 is 53.1 Å². The predicted octanol–water partition coefficient (Wildman–Crippen LogP) is 4.45. The molecule has 2 saturated carbocycles. The minimum Gasteiger partial charge on any atom is -0.870 e. The van der Waals surface area contributed by atoms with Crippen molar-refractivity contribution in [1.82, 2.24) is 0 Å². The first-order chi connectivity index (χ1) is 7.61. The molecule has 0 unspecified atom stereocenters. The van der Waals surface area contributed by atoms with Gasteiger partial charge < -0.3 is 33.9 Å². The minimum absolute atomic E-state index is 0. The van der Waals surface area contributed by atoms with Gasteiger partial charge in [-0.2, -0.15) is 24.2 Å². The Labute approximate surface area is 151 Å². The summed E-state index contributed by atoms with van der Waals surface area (Å²) in [4.78, 5) is 0. The molecule has 6 nitrogen and oxygen atoms in total. The Kier molecular flexibility index (Phi) is 24.1. The molecule has 0 aliphatic heterocycles. The molecule has 0 aromatic rings. The quantitative estimate of drug-likeness (QED) is 0.381. The zero-order chi connectivity index (χ0) is 12.0. The van der Waals surface area contributed by atoms with Gasteiger partial charge in [0.15, 0.2) is 0 Å². The third kappa shape index (κ3) is 11.8. The molecular formula is C12H26N4O2Pt2+2. The Balaban J connectivity index is -0.000000107. The van der Waals surface area contributed by atoms with E-state index in [0.29, 0.717) is 0 Å². The molecule has 0 aromatic heterocycles. The van der Waals surface area contributed by atoms with E-state index in [1.54, 1.807) is 0 Å². The number of hydrogen-bond donors (Lipinski definition) is 0. The van der Waals surface area contributed by atoms with Crippen LogP contribution in [0.25, 0.3) is 22.9 Å². The van der Waals surface area contributed by atoms with Crippen molar-refractivity contribution in [1.29, 1.82) is 0 Å². The Morgan fingerprint density at radius 3 is 0.700 bits per heavy atom. The molecule has 2 aliphatic carbocycles. The number of nitrogens with one attached hydrogen (secondary N) is 4. The zero-order valence-electron chi connectivity index (χ0n) is 11.5. The van der Waals surface area contributed by atoms with E-state index in [-0.39, 0.29) is 77.3 Å². The average Bonchev–Trinajstić information content (AvgIpc) is 2.28. The van der Waals surface area contributed by atoms with Crippen LogP contribution in [0.3, 0.4) is 0 Å². The van der Waals surface area contributed by atoms with E-state index < -0.39 is 0 Å². The van der Waals surface area contributed by atoms with E-state index >= 15 is 0 Å². The van der Waals surface area contributed by atoms with Crippen LogP contribution in [0.1, 0.15) is 51.4 Å². The first-order valence-electron chi connectivity index (χ1n) is 6.45. The maximum absolute atomic E-state index is 7.29. The van der Waals surface area contributed by atoms with Crippen LogP contribution >= 0.6 is 0 Å². The predicted molar refractivity (Wildman–Crippen MR) is 73.2 cm³/mol. The van der Waals surface area contributed by atoms with Gasteiger partial charge in [-0.1, -0.05) is 51.4 Å². The van der Waals surface area contributed by atoms with Gasteiger partial charge in [0, 0.05) is 0 Å². The smallest absolute Gasteiger partial charge is 0.870 e. The maximum Gasteiger partial charge on any atom is 4.00 e. The minimum atomic E-state index is -0.0799. The van der Waals surface area contributed by atoms with Crippen molar-refractivity contribution in [2.24, 2.45) is 0 Å². The molecule has 8 heteroatoms. The Morgan fingerprint density at radius 2 is 0.600 bits per heavy atom. The standard InChI is InChI=1S/2C6H12N2.2H2O.2Pt/c2*7-5-3-1-2-4-6(5)8;;;;/h2*5-8H,1-4H2;2*1H2;;/q2*-2;;;2*+4/p-2/t2*5-,6-;;;;/m11..../s1. The van der Waals surface area contributed by atoms with Crippen molar-refractivity contribution in [3.63, 3.8) is 0 Å². The Bertz CT molecular complexity index is 164. The van der Waals surface area contributed by atoms with Gasteiger partial charge >= 0.3 is 42.1 Å². The second kappa shape index (κ2) is 16.5. The van der Waals surface area contributed by atoms with Gasteiger partial charge in [0.05, 0.1) is 0 Å². The molecule has 0 amide bonds. The van der Waals surface area contributed by atoms with Gasteiger partial charge in [0.25, 0.3) is 0 Å². The summed E-state index contributed by atoms with van der Waals surface area (Å²) in [6.45, 7) is 0. The molecule has 2 aliphatic rings. The fourth-order valence-electron chi connectivity index (χ4n) is 2.26. The van der Waals surface area contributed by atoms with Crippen LogP contribution in [-0.2, 0) is 42.1 Å². The van der Waals surface area contributed by atoms with Crippen LogP contribution in [0, 0.1) is 0 Å². The largest absolute Gasteiger partial charge is 4.00 e.